The van der Waals surface area contributed by atoms with E-state index in [4.69, 9.17) is 19.4 Å². The predicted octanol–water partition coefficient (Wildman–Crippen LogP) is 3.56. The first-order valence-electron chi connectivity index (χ1n) is 13.4. The number of aromatic nitrogens is 2. The molecule has 1 aliphatic carbocycles. The lowest BCUT2D eigenvalue weighted by Gasteiger charge is -2.37. The molecule has 2 aromatic rings. The molecule has 0 radical (unpaired) electrons. The Morgan fingerprint density at radius 3 is 2.68 bits per heavy atom. The van der Waals surface area contributed by atoms with Gasteiger partial charge >= 0.3 is 0 Å². The van der Waals surface area contributed by atoms with Crippen LogP contribution in [0.3, 0.4) is 0 Å². The van der Waals surface area contributed by atoms with E-state index in [9.17, 15) is 0 Å². The molecule has 3 saturated heterocycles. The van der Waals surface area contributed by atoms with Gasteiger partial charge in [0.1, 0.15) is 16.5 Å². The fourth-order valence-electron chi connectivity index (χ4n) is 6.22. The van der Waals surface area contributed by atoms with Gasteiger partial charge < -0.3 is 14.8 Å². The van der Waals surface area contributed by atoms with Crippen LogP contribution in [0.15, 0.2) is 0 Å². The van der Waals surface area contributed by atoms with Crippen molar-refractivity contribution in [2.45, 2.75) is 58.0 Å². The van der Waals surface area contributed by atoms with Gasteiger partial charge in [0.25, 0.3) is 0 Å². The van der Waals surface area contributed by atoms with Crippen LogP contribution in [-0.4, -0.2) is 85.0 Å². The van der Waals surface area contributed by atoms with Gasteiger partial charge in [-0.05, 0) is 63.1 Å². The first-order valence-corrected chi connectivity index (χ1v) is 14.2. The van der Waals surface area contributed by atoms with Gasteiger partial charge in [0.05, 0.1) is 31.8 Å². The third-order valence-electron chi connectivity index (χ3n) is 8.35. The summed E-state index contributed by atoms with van der Waals surface area (Å²) in [5.74, 6) is 3.47. The molecule has 0 amide bonds. The van der Waals surface area contributed by atoms with Crippen LogP contribution < -0.4 is 5.32 Å². The summed E-state index contributed by atoms with van der Waals surface area (Å²) >= 11 is 1.91. The molecule has 0 aromatic carbocycles. The molecule has 7 nitrogen and oxygen atoms in total. The maximum Gasteiger partial charge on any atom is 0.146 e. The summed E-state index contributed by atoms with van der Waals surface area (Å²) in [6.07, 6.45) is 7.34. The van der Waals surface area contributed by atoms with Crippen LogP contribution in [0.2, 0.25) is 0 Å². The summed E-state index contributed by atoms with van der Waals surface area (Å²) in [6.45, 7) is 11.9. The third kappa shape index (κ3) is 4.85. The smallest absolute Gasteiger partial charge is 0.146 e. The highest BCUT2D eigenvalue weighted by atomic mass is 32.1. The third-order valence-corrected chi connectivity index (χ3v) is 9.54. The zero-order valence-electron chi connectivity index (χ0n) is 20.6. The van der Waals surface area contributed by atoms with Gasteiger partial charge in [-0.25, -0.2) is 9.97 Å². The van der Waals surface area contributed by atoms with Crippen LogP contribution in [0.5, 0.6) is 0 Å². The van der Waals surface area contributed by atoms with E-state index in [2.05, 4.69) is 22.0 Å². The topological polar surface area (TPSA) is 62.8 Å². The Balaban J connectivity index is 1.26. The first kappa shape index (κ1) is 23.1. The molecule has 0 unspecified atom stereocenters. The summed E-state index contributed by atoms with van der Waals surface area (Å²) < 4.78 is 11.4. The molecule has 0 spiro atoms. The second-order valence-electron chi connectivity index (χ2n) is 10.7. The lowest BCUT2D eigenvalue weighted by molar-refractivity contribution is 0.00460. The van der Waals surface area contributed by atoms with E-state index in [0.29, 0.717) is 12.0 Å². The largest absolute Gasteiger partial charge is 0.381 e. The van der Waals surface area contributed by atoms with E-state index < -0.39 is 0 Å². The van der Waals surface area contributed by atoms with Crippen molar-refractivity contribution in [2.24, 2.45) is 11.8 Å². The maximum absolute atomic E-state index is 5.80. The van der Waals surface area contributed by atoms with E-state index in [1.54, 1.807) is 0 Å². The second-order valence-corrected chi connectivity index (χ2v) is 11.8. The average molecular weight is 486 g/mol. The normalized spacial score (nSPS) is 25.7. The Morgan fingerprint density at radius 2 is 1.88 bits per heavy atom. The van der Waals surface area contributed by atoms with Crippen molar-refractivity contribution in [2.75, 3.05) is 64.5 Å². The van der Waals surface area contributed by atoms with Gasteiger partial charge in [0, 0.05) is 43.1 Å². The quantitative estimate of drug-likeness (QED) is 0.643. The standard InChI is InChI=1S/C26H39N5O2S/c1-18-5-8-30(9-6-18)16-23-28-25(24-20-3-2-4-22(20)34-26(24)29-23)27-15-21(19-7-12-33-17-19)31-10-13-32-14-11-31/h18-19,21H,2-17H2,1H3,(H,27,28,29)/t19-,21+/m0/s1. The number of fused-ring (bicyclic) bond motifs is 3. The van der Waals surface area contributed by atoms with Crippen molar-refractivity contribution >= 4 is 27.4 Å². The highest BCUT2D eigenvalue weighted by molar-refractivity contribution is 7.19. The molecular formula is C26H39N5O2S. The zero-order chi connectivity index (χ0) is 22.9. The van der Waals surface area contributed by atoms with Crippen LogP contribution in [0.25, 0.3) is 10.2 Å². The van der Waals surface area contributed by atoms with E-state index in [1.807, 2.05) is 11.3 Å². The highest BCUT2D eigenvalue weighted by Gasteiger charge is 2.32. The van der Waals surface area contributed by atoms with Crippen molar-refractivity contribution in [3.8, 4) is 0 Å². The monoisotopic (exact) mass is 485 g/mol. The number of nitrogens with one attached hydrogen (secondary N) is 1. The van der Waals surface area contributed by atoms with Crippen molar-refractivity contribution < 1.29 is 9.47 Å². The molecule has 8 heteroatoms. The van der Waals surface area contributed by atoms with Crippen LogP contribution in [-0.2, 0) is 28.9 Å². The Hall–Kier alpha value is -1.32. The molecule has 1 N–H and O–H groups in total. The number of thiophene rings is 1. The molecular weight excluding hydrogens is 446 g/mol. The number of rotatable bonds is 7. The first-order chi connectivity index (χ1) is 16.7. The predicted molar refractivity (Wildman–Crippen MR) is 137 cm³/mol. The Kier molecular flexibility index (Phi) is 7.03. The molecule has 3 fully saturated rings. The Morgan fingerprint density at radius 1 is 1.03 bits per heavy atom. The minimum Gasteiger partial charge on any atom is -0.381 e. The summed E-state index contributed by atoms with van der Waals surface area (Å²) in [6, 6.07) is 0.454. The van der Waals surface area contributed by atoms with Crippen LogP contribution >= 0.6 is 11.3 Å². The molecule has 6 rings (SSSR count). The lowest BCUT2D eigenvalue weighted by Crippen LogP contribution is -2.50. The molecule has 4 aliphatic rings. The second kappa shape index (κ2) is 10.3. The van der Waals surface area contributed by atoms with Crippen LogP contribution in [0.4, 0.5) is 5.82 Å². The minimum atomic E-state index is 0.454. The van der Waals surface area contributed by atoms with E-state index in [1.165, 1.54) is 52.8 Å². The summed E-state index contributed by atoms with van der Waals surface area (Å²) in [7, 11) is 0. The van der Waals surface area contributed by atoms with Gasteiger partial charge in [0.2, 0.25) is 0 Å². The summed E-state index contributed by atoms with van der Waals surface area (Å²) in [5.41, 5.74) is 1.51. The highest BCUT2D eigenvalue weighted by Crippen LogP contribution is 2.40. The van der Waals surface area contributed by atoms with Gasteiger partial charge in [-0.3, -0.25) is 9.80 Å². The number of ether oxygens (including phenoxy) is 2. The van der Waals surface area contributed by atoms with Crippen LogP contribution in [0, 0.1) is 11.8 Å². The van der Waals surface area contributed by atoms with Gasteiger partial charge in [-0.1, -0.05) is 6.92 Å². The lowest BCUT2D eigenvalue weighted by atomic mass is 9.96. The van der Waals surface area contributed by atoms with Gasteiger partial charge in [0.15, 0.2) is 0 Å². The van der Waals surface area contributed by atoms with Crippen molar-refractivity contribution in [1.29, 1.82) is 0 Å². The molecule has 3 aliphatic heterocycles. The molecule has 0 saturated carbocycles. The number of hydrogen-bond donors (Lipinski definition) is 1. The molecule has 0 bridgehead atoms. The van der Waals surface area contributed by atoms with Crippen LogP contribution in [0.1, 0.15) is 48.9 Å². The number of likely N-dealkylation sites (tertiary alicyclic amines) is 1. The minimum absolute atomic E-state index is 0.454. The number of nitrogens with zero attached hydrogens (tertiary/aromatic N) is 4. The Bertz CT molecular complexity index is 977. The number of morpholine rings is 1. The number of piperidine rings is 1. The molecule has 2 atom stereocenters. The maximum atomic E-state index is 5.80. The molecule has 5 heterocycles. The van der Waals surface area contributed by atoms with Crippen molar-refractivity contribution in [1.82, 2.24) is 19.8 Å². The SMILES string of the molecule is CC1CCN(Cc2nc(NC[C@H]([C@H]3CCOC3)N3CCOCC3)c3c4c(sc3n2)CCC4)CC1. The number of aryl methyl sites for hydroxylation is 2. The number of anilines is 1. The molecule has 2 aromatic heterocycles. The van der Waals surface area contributed by atoms with E-state index >= 15 is 0 Å². The van der Waals surface area contributed by atoms with Gasteiger partial charge in [-0.15, -0.1) is 11.3 Å². The fourth-order valence-corrected chi connectivity index (χ4v) is 7.50. The fraction of sp³-hybridized carbons (Fsp3) is 0.769. The number of hydrogen-bond acceptors (Lipinski definition) is 8. The zero-order valence-corrected chi connectivity index (χ0v) is 21.4. The van der Waals surface area contributed by atoms with Crippen molar-refractivity contribution in [3.63, 3.8) is 0 Å². The Labute approximate surface area is 207 Å². The molecule has 186 valence electrons. The summed E-state index contributed by atoms with van der Waals surface area (Å²) in [5, 5.41) is 5.16. The van der Waals surface area contributed by atoms with Gasteiger partial charge in [-0.2, -0.15) is 0 Å². The average Bonchev–Trinajstić information content (AvgIpc) is 3.60. The van der Waals surface area contributed by atoms with E-state index in [-0.39, 0.29) is 0 Å². The molecule has 34 heavy (non-hydrogen) atoms. The summed E-state index contributed by atoms with van der Waals surface area (Å²) in [4.78, 5) is 18.1. The van der Waals surface area contributed by atoms with E-state index in [0.717, 1.165) is 89.7 Å². The van der Waals surface area contributed by atoms with Crippen molar-refractivity contribution in [3.05, 3.63) is 16.3 Å².